The SMILES string of the molecule is c1cnc2ccc(CN3CCCOC(CN4CCCC4)C3)cc2c1. The summed E-state index contributed by atoms with van der Waals surface area (Å²) in [4.78, 5) is 9.54. The van der Waals surface area contributed by atoms with E-state index in [2.05, 4.69) is 39.0 Å². The van der Waals surface area contributed by atoms with Crippen LogP contribution in [0.3, 0.4) is 0 Å². The molecule has 1 aromatic heterocycles. The van der Waals surface area contributed by atoms with Crippen LogP contribution in [-0.2, 0) is 11.3 Å². The van der Waals surface area contributed by atoms with Gasteiger partial charge in [0, 0.05) is 44.4 Å². The molecule has 4 rings (SSSR count). The molecule has 0 N–H and O–H groups in total. The third kappa shape index (κ3) is 3.94. The minimum absolute atomic E-state index is 0.354. The molecule has 2 aromatic rings. The molecule has 2 aliphatic rings. The van der Waals surface area contributed by atoms with E-state index in [0.717, 1.165) is 44.7 Å². The smallest absolute Gasteiger partial charge is 0.0828 e. The van der Waals surface area contributed by atoms with Gasteiger partial charge in [-0.05, 0) is 56.1 Å². The lowest BCUT2D eigenvalue weighted by atomic mass is 10.1. The second-order valence-electron chi connectivity index (χ2n) is 7.12. The van der Waals surface area contributed by atoms with Crippen LogP contribution in [0, 0.1) is 0 Å². The monoisotopic (exact) mass is 325 g/mol. The molecule has 2 aliphatic heterocycles. The molecule has 0 saturated carbocycles. The van der Waals surface area contributed by atoms with Crippen LogP contribution in [-0.4, -0.2) is 60.2 Å². The molecule has 3 heterocycles. The summed E-state index contributed by atoms with van der Waals surface area (Å²) in [5.74, 6) is 0. The van der Waals surface area contributed by atoms with Gasteiger partial charge in [-0.1, -0.05) is 12.1 Å². The van der Waals surface area contributed by atoms with Crippen molar-refractivity contribution in [3.8, 4) is 0 Å². The van der Waals surface area contributed by atoms with E-state index in [-0.39, 0.29) is 0 Å². The van der Waals surface area contributed by atoms with Gasteiger partial charge >= 0.3 is 0 Å². The van der Waals surface area contributed by atoms with Crippen molar-refractivity contribution >= 4 is 10.9 Å². The molecule has 24 heavy (non-hydrogen) atoms. The first-order chi connectivity index (χ1) is 11.9. The molecule has 1 aromatic carbocycles. The van der Waals surface area contributed by atoms with E-state index in [0.29, 0.717) is 6.10 Å². The van der Waals surface area contributed by atoms with Crippen molar-refractivity contribution in [3.63, 3.8) is 0 Å². The largest absolute Gasteiger partial charge is 0.376 e. The van der Waals surface area contributed by atoms with Crippen LogP contribution in [0.15, 0.2) is 36.5 Å². The fourth-order valence-electron chi connectivity index (χ4n) is 3.96. The Morgan fingerprint density at radius 1 is 1.04 bits per heavy atom. The van der Waals surface area contributed by atoms with Crippen LogP contribution in [0.25, 0.3) is 10.9 Å². The average Bonchev–Trinajstić information content (AvgIpc) is 3.01. The molecular weight excluding hydrogens is 298 g/mol. The number of likely N-dealkylation sites (tertiary alicyclic amines) is 1. The van der Waals surface area contributed by atoms with E-state index in [1.165, 1.54) is 36.9 Å². The van der Waals surface area contributed by atoms with Crippen LogP contribution in [0.2, 0.25) is 0 Å². The fraction of sp³-hybridized carbons (Fsp3) is 0.550. The zero-order chi connectivity index (χ0) is 16.2. The van der Waals surface area contributed by atoms with Crippen LogP contribution in [0.5, 0.6) is 0 Å². The molecule has 1 atom stereocenters. The maximum atomic E-state index is 6.11. The van der Waals surface area contributed by atoms with Gasteiger partial charge in [0.1, 0.15) is 0 Å². The highest BCUT2D eigenvalue weighted by Crippen LogP contribution is 2.17. The van der Waals surface area contributed by atoms with Crippen molar-refractivity contribution in [2.45, 2.75) is 31.9 Å². The predicted molar refractivity (Wildman–Crippen MR) is 97.1 cm³/mol. The van der Waals surface area contributed by atoms with Gasteiger partial charge in [0.05, 0.1) is 11.6 Å². The summed E-state index contributed by atoms with van der Waals surface area (Å²) in [6, 6.07) is 10.8. The van der Waals surface area contributed by atoms with Crippen LogP contribution < -0.4 is 0 Å². The Hall–Kier alpha value is -1.49. The first-order valence-electron chi connectivity index (χ1n) is 9.27. The summed E-state index contributed by atoms with van der Waals surface area (Å²) >= 11 is 0. The third-order valence-electron chi connectivity index (χ3n) is 5.17. The van der Waals surface area contributed by atoms with Gasteiger partial charge in [0.25, 0.3) is 0 Å². The van der Waals surface area contributed by atoms with E-state index < -0.39 is 0 Å². The normalized spacial score (nSPS) is 23.6. The van der Waals surface area contributed by atoms with Gasteiger partial charge in [0.15, 0.2) is 0 Å². The standard InChI is InChI=1S/C20H27N3O/c1-2-10-22(9-1)15-19-16-23(11-4-12-24-19)14-17-6-7-20-18(13-17)5-3-8-21-20/h3,5-8,13,19H,1-2,4,9-12,14-16H2. The molecule has 0 radical (unpaired) electrons. The van der Waals surface area contributed by atoms with E-state index in [9.17, 15) is 0 Å². The molecule has 4 heteroatoms. The number of benzene rings is 1. The van der Waals surface area contributed by atoms with Gasteiger partial charge < -0.3 is 9.64 Å². The quantitative estimate of drug-likeness (QED) is 0.864. The Morgan fingerprint density at radius 2 is 1.92 bits per heavy atom. The van der Waals surface area contributed by atoms with Gasteiger partial charge in [-0.2, -0.15) is 0 Å². The molecule has 128 valence electrons. The summed E-state index contributed by atoms with van der Waals surface area (Å²) in [6.45, 7) is 7.66. The van der Waals surface area contributed by atoms with Crippen LogP contribution in [0.4, 0.5) is 0 Å². The predicted octanol–water partition coefficient (Wildman–Crippen LogP) is 2.92. The van der Waals surface area contributed by atoms with Gasteiger partial charge in [-0.3, -0.25) is 9.88 Å². The van der Waals surface area contributed by atoms with Crippen molar-refractivity contribution in [1.29, 1.82) is 0 Å². The average molecular weight is 325 g/mol. The summed E-state index contributed by atoms with van der Waals surface area (Å²) in [5.41, 5.74) is 2.45. The molecule has 1 unspecified atom stereocenters. The number of hydrogen-bond donors (Lipinski definition) is 0. The first kappa shape index (κ1) is 16.0. The Balaban J connectivity index is 1.41. The Labute approximate surface area is 144 Å². The van der Waals surface area contributed by atoms with Gasteiger partial charge in [0.2, 0.25) is 0 Å². The van der Waals surface area contributed by atoms with E-state index in [4.69, 9.17) is 4.74 Å². The summed E-state index contributed by atoms with van der Waals surface area (Å²) in [6.07, 6.45) is 6.04. The number of fused-ring (bicyclic) bond motifs is 1. The van der Waals surface area contributed by atoms with Crippen molar-refractivity contribution in [2.24, 2.45) is 0 Å². The maximum Gasteiger partial charge on any atom is 0.0828 e. The number of nitrogens with zero attached hydrogens (tertiary/aromatic N) is 3. The Morgan fingerprint density at radius 3 is 2.83 bits per heavy atom. The first-order valence-corrected chi connectivity index (χ1v) is 9.27. The molecule has 0 aliphatic carbocycles. The zero-order valence-electron chi connectivity index (χ0n) is 14.4. The van der Waals surface area contributed by atoms with Crippen molar-refractivity contribution in [1.82, 2.24) is 14.8 Å². The minimum Gasteiger partial charge on any atom is -0.376 e. The lowest BCUT2D eigenvalue weighted by Crippen LogP contribution is -2.39. The Bertz CT molecular complexity index is 669. The highest BCUT2D eigenvalue weighted by atomic mass is 16.5. The number of rotatable bonds is 4. The summed E-state index contributed by atoms with van der Waals surface area (Å²) < 4.78 is 6.11. The highest BCUT2D eigenvalue weighted by molar-refractivity contribution is 5.78. The molecule has 2 saturated heterocycles. The molecule has 2 fully saturated rings. The van der Waals surface area contributed by atoms with Crippen molar-refractivity contribution in [3.05, 3.63) is 42.1 Å². The van der Waals surface area contributed by atoms with E-state index in [1.54, 1.807) is 0 Å². The third-order valence-corrected chi connectivity index (χ3v) is 5.17. The number of ether oxygens (including phenoxy) is 1. The van der Waals surface area contributed by atoms with Gasteiger partial charge in [-0.25, -0.2) is 0 Å². The minimum atomic E-state index is 0.354. The Kier molecular flexibility index (Phi) is 5.07. The highest BCUT2D eigenvalue weighted by Gasteiger charge is 2.22. The lowest BCUT2D eigenvalue weighted by molar-refractivity contribution is 0.0308. The van der Waals surface area contributed by atoms with E-state index >= 15 is 0 Å². The summed E-state index contributed by atoms with van der Waals surface area (Å²) in [5, 5.41) is 1.23. The topological polar surface area (TPSA) is 28.6 Å². The number of hydrogen-bond acceptors (Lipinski definition) is 4. The molecule has 0 amide bonds. The van der Waals surface area contributed by atoms with Crippen LogP contribution in [0.1, 0.15) is 24.8 Å². The van der Waals surface area contributed by atoms with Gasteiger partial charge in [-0.15, -0.1) is 0 Å². The van der Waals surface area contributed by atoms with Crippen LogP contribution >= 0.6 is 0 Å². The molecule has 0 spiro atoms. The number of aromatic nitrogens is 1. The fourth-order valence-corrected chi connectivity index (χ4v) is 3.96. The molecule has 4 nitrogen and oxygen atoms in total. The second-order valence-corrected chi connectivity index (χ2v) is 7.12. The maximum absolute atomic E-state index is 6.11. The molecule has 0 bridgehead atoms. The zero-order valence-corrected chi connectivity index (χ0v) is 14.4. The number of pyridine rings is 1. The second kappa shape index (κ2) is 7.60. The lowest BCUT2D eigenvalue weighted by Gasteiger charge is -2.27. The van der Waals surface area contributed by atoms with Crippen molar-refractivity contribution < 1.29 is 4.74 Å². The molecular formula is C20H27N3O. The summed E-state index contributed by atoms with van der Waals surface area (Å²) in [7, 11) is 0. The van der Waals surface area contributed by atoms with Crippen molar-refractivity contribution in [2.75, 3.05) is 39.3 Å². The van der Waals surface area contributed by atoms with E-state index in [1.807, 2.05) is 12.3 Å².